The van der Waals surface area contributed by atoms with Gasteiger partial charge in [0.25, 0.3) is 0 Å². The zero-order valence-electron chi connectivity index (χ0n) is 8.72. The minimum atomic E-state index is 0.646. The van der Waals surface area contributed by atoms with Crippen molar-refractivity contribution >= 4 is 44.3 Å². The number of halogens is 2. The molecule has 0 radical (unpaired) electrons. The molecule has 1 aromatic carbocycles. The number of aryl methyl sites for hydroxylation is 1. The van der Waals surface area contributed by atoms with Crippen LogP contribution in [-0.4, -0.2) is 4.98 Å². The number of nitrogen functional groups attached to an aromatic ring is 1. The average Bonchev–Trinajstić information content (AvgIpc) is 2.32. The summed E-state index contributed by atoms with van der Waals surface area (Å²) in [6.07, 6.45) is 0.878. The van der Waals surface area contributed by atoms with Gasteiger partial charge >= 0.3 is 0 Å². The molecule has 5 heteroatoms. The minimum Gasteiger partial charge on any atom is -0.308 e. The third-order valence-electron chi connectivity index (χ3n) is 2.48. The van der Waals surface area contributed by atoms with Crippen molar-refractivity contribution in [3.8, 4) is 0 Å². The Kier molecular flexibility index (Phi) is 3.33. The minimum absolute atomic E-state index is 0.646. The lowest BCUT2D eigenvalue weighted by molar-refractivity contribution is 1.10. The molecule has 0 amide bonds. The van der Waals surface area contributed by atoms with Crippen molar-refractivity contribution in [3.63, 3.8) is 0 Å². The van der Waals surface area contributed by atoms with Crippen molar-refractivity contribution < 1.29 is 0 Å². The van der Waals surface area contributed by atoms with Crippen molar-refractivity contribution in [2.24, 2.45) is 5.84 Å². The Balaban J connectivity index is 2.78. The summed E-state index contributed by atoms with van der Waals surface area (Å²) in [5.41, 5.74) is 4.51. The van der Waals surface area contributed by atoms with Crippen molar-refractivity contribution in [2.45, 2.75) is 13.3 Å². The van der Waals surface area contributed by atoms with E-state index in [-0.39, 0.29) is 0 Å². The third kappa shape index (κ3) is 1.88. The number of nitrogens with two attached hydrogens (primary N) is 1. The summed E-state index contributed by atoms with van der Waals surface area (Å²) >= 11 is 9.45. The van der Waals surface area contributed by atoms with E-state index in [0.717, 1.165) is 27.4 Å². The summed E-state index contributed by atoms with van der Waals surface area (Å²) in [6.45, 7) is 2.06. The van der Waals surface area contributed by atoms with Crippen LogP contribution in [0.15, 0.2) is 22.7 Å². The fraction of sp³-hybridized carbons (Fsp3) is 0.182. The second-order valence-corrected chi connectivity index (χ2v) is 4.63. The number of anilines is 1. The van der Waals surface area contributed by atoms with E-state index in [9.17, 15) is 0 Å². The molecule has 0 atom stereocenters. The number of pyridine rings is 1. The van der Waals surface area contributed by atoms with Crippen LogP contribution in [0.4, 0.5) is 5.82 Å². The summed E-state index contributed by atoms with van der Waals surface area (Å²) in [5, 5.41) is 1.69. The Bertz CT molecular complexity index is 542. The van der Waals surface area contributed by atoms with E-state index in [1.165, 1.54) is 0 Å². The largest absolute Gasteiger partial charge is 0.308 e. The van der Waals surface area contributed by atoms with Gasteiger partial charge in [-0.1, -0.05) is 24.6 Å². The van der Waals surface area contributed by atoms with Crippen molar-refractivity contribution in [1.29, 1.82) is 0 Å². The molecule has 3 nitrogen and oxygen atoms in total. The van der Waals surface area contributed by atoms with Crippen LogP contribution in [-0.2, 0) is 6.42 Å². The molecule has 2 aromatic rings. The fourth-order valence-corrected chi connectivity index (χ4v) is 2.22. The van der Waals surface area contributed by atoms with Gasteiger partial charge in [-0.05, 0) is 40.0 Å². The first-order valence-corrected chi connectivity index (χ1v) is 6.08. The molecule has 0 fully saturated rings. The lowest BCUT2D eigenvalue weighted by atomic mass is 10.1. The van der Waals surface area contributed by atoms with E-state index in [2.05, 4.69) is 39.3 Å². The van der Waals surface area contributed by atoms with Gasteiger partial charge in [0.2, 0.25) is 0 Å². The number of nitrogens with one attached hydrogen (secondary N) is 1. The van der Waals surface area contributed by atoms with E-state index >= 15 is 0 Å². The second-order valence-electron chi connectivity index (χ2n) is 3.43. The molecule has 3 N–H and O–H groups in total. The molecule has 16 heavy (non-hydrogen) atoms. The Hall–Kier alpha value is -0.840. The Labute approximate surface area is 107 Å². The number of fused-ring (bicyclic) bond motifs is 1. The van der Waals surface area contributed by atoms with Crippen LogP contribution >= 0.6 is 27.5 Å². The predicted molar refractivity (Wildman–Crippen MR) is 71.6 cm³/mol. The zero-order valence-corrected chi connectivity index (χ0v) is 11.1. The molecular formula is C11H11BrClN3. The summed E-state index contributed by atoms with van der Waals surface area (Å²) in [6, 6.07) is 5.87. The molecule has 0 aliphatic heterocycles. The van der Waals surface area contributed by atoms with Gasteiger partial charge < -0.3 is 5.43 Å². The normalized spacial score (nSPS) is 10.8. The number of rotatable bonds is 2. The molecule has 0 aliphatic rings. The van der Waals surface area contributed by atoms with Gasteiger partial charge in [-0.3, -0.25) is 0 Å². The molecule has 0 spiro atoms. The Morgan fingerprint density at radius 2 is 2.25 bits per heavy atom. The molecule has 0 saturated carbocycles. The van der Waals surface area contributed by atoms with E-state index in [4.69, 9.17) is 17.4 Å². The van der Waals surface area contributed by atoms with Gasteiger partial charge in [-0.25, -0.2) is 10.8 Å². The average molecular weight is 301 g/mol. The van der Waals surface area contributed by atoms with Crippen molar-refractivity contribution in [3.05, 3.63) is 33.3 Å². The first-order chi connectivity index (χ1) is 7.67. The van der Waals surface area contributed by atoms with Gasteiger partial charge in [-0.15, -0.1) is 0 Å². The maximum Gasteiger partial charge on any atom is 0.143 e. The van der Waals surface area contributed by atoms with Crippen LogP contribution in [0.3, 0.4) is 0 Å². The number of hydrogen-bond donors (Lipinski definition) is 2. The summed E-state index contributed by atoms with van der Waals surface area (Å²) in [4.78, 5) is 4.46. The highest BCUT2D eigenvalue weighted by Crippen LogP contribution is 2.31. The first-order valence-electron chi connectivity index (χ1n) is 4.91. The number of benzene rings is 1. The fourth-order valence-electron chi connectivity index (χ4n) is 1.62. The molecule has 0 unspecified atom stereocenters. The van der Waals surface area contributed by atoms with Crippen molar-refractivity contribution in [1.82, 2.24) is 4.98 Å². The highest BCUT2D eigenvalue weighted by atomic mass is 79.9. The van der Waals surface area contributed by atoms with Gasteiger partial charge in [0, 0.05) is 5.39 Å². The molecule has 84 valence electrons. The Morgan fingerprint density at radius 1 is 1.50 bits per heavy atom. The molecule has 0 bridgehead atoms. The smallest absolute Gasteiger partial charge is 0.143 e. The number of nitrogens with zero attached hydrogens (tertiary/aromatic N) is 1. The highest BCUT2D eigenvalue weighted by molar-refractivity contribution is 9.10. The molecular weight excluding hydrogens is 289 g/mol. The van der Waals surface area contributed by atoms with Crippen LogP contribution in [0.1, 0.15) is 12.5 Å². The second kappa shape index (κ2) is 4.57. The van der Waals surface area contributed by atoms with Crippen LogP contribution in [0.5, 0.6) is 0 Å². The Morgan fingerprint density at radius 3 is 2.88 bits per heavy atom. The lowest BCUT2D eigenvalue weighted by Crippen LogP contribution is -2.11. The van der Waals surface area contributed by atoms with Gasteiger partial charge in [0.15, 0.2) is 0 Å². The summed E-state index contributed by atoms with van der Waals surface area (Å²) < 4.78 is 0.797. The molecule has 1 heterocycles. The van der Waals surface area contributed by atoms with Crippen molar-refractivity contribution in [2.75, 3.05) is 5.43 Å². The molecule has 0 aliphatic carbocycles. The number of hydrogen-bond acceptors (Lipinski definition) is 3. The zero-order chi connectivity index (χ0) is 11.7. The van der Waals surface area contributed by atoms with Crippen LogP contribution in [0.2, 0.25) is 5.02 Å². The van der Waals surface area contributed by atoms with E-state index in [1.807, 2.05) is 12.1 Å². The first kappa shape index (κ1) is 11.6. The third-order valence-corrected chi connectivity index (χ3v) is 3.82. The SMILES string of the molecule is CCc1cc2ccc(Cl)c(Br)c2nc1NN. The maximum absolute atomic E-state index is 6.02. The van der Waals surface area contributed by atoms with Gasteiger partial charge in [-0.2, -0.15) is 0 Å². The number of aromatic nitrogens is 1. The molecule has 0 saturated heterocycles. The molecule has 2 rings (SSSR count). The van der Waals surface area contributed by atoms with E-state index in [0.29, 0.717) is 10.8 Å². The highest BCUT2D eigenvalue weighted by Gasteiger charge is 2.09. The van der Waals surface area contributed by atoms with Gasteiger partial charge in [0.05, 0.1) is 15.0 Å². The van der Waals surface area contributed by atoms with E-state index in [1.54, 1.807) is 0 Å². The predicted octanol–water partition coefficient (Wildman–Crippen LogP) is 3.50. The summed E-state index contributed by atoms with van der Waals surface area (Å²) in [5.74, 6) is 6.14. The summed E-state index contributed by atoms with van der Waals surface area (Å²) in [7, 11) is 0. The van der Waals surface area contributed by atoms with E-state index < -0.39 is 0 Å². The van der Waals surface area contributed by atoms with Crippen LogP contribution in [0.25, 0.3) is 10.9 Å². The van der Waals surface area contributed by atoms with Crippen LogP contribution < -0.4 is 11.3 Å². The standard InChI is InChI=1S/C11H11BrClN3/c1-2-6-5-7-3-4-8(13)9(12)10(7)15-11(6)16-14/h3-5H,2,14H2,1H3,(H,15,16). The van der Waals surface area contributed by atoms with Gasteiger partial charge in [0.1, 0.15) is 5.82 Å². The van der Waals surface area contributed by atoms with Crippen LogP contribution in [0, 0.1) is 0 Å². The topological polar surface area (TPSA) is 50.9 Å². The quantitative estimate of drug-likeness (QED) is 0.659. The number of hydrazine groups is 1. The lowest BCUT2D eigenvalue weighted by Gasteiger charge is -2.09. The maximum atomic E-state index is 6.02. The monoisotopic (exact) mass is 299 g/mol. The molecule has 1 aromatic heterocycles.